The highest BCUT2D eigenvalue weighted by Gasteiger charge is 2.22. The Kier molecular flexibility index (Phi) is 52.7. The van der Waals surface area contributed by atoms with E-state index in [-0.39, 0.29) is 215 Å². The summed E-state index contributed by atoms with van der Waals surface area (Å²) in [5.74, 6) is -3.64. The highest BCUT2D eigenvalue weighted by atomic mass is 32.2. The third kappa shape index (κ3) is 52.6. The van der Waals surface area contributed by atoms with Crippen LogP contribution in [0.3, 0.4) is 0 Å². The number of carbonyl (C=O) groups excluding carboxylic acids is 11. The number of likely N-dealkylation sites (N-methyl/N-ethyl adjacent to an activating group) is 2. The molecule has 0 aromatic heterocycles. The van der Waals surface area contributed by atoms with Crippen molar-refractivity contribution in [2.45, 2.75) is 102 Å². The summed E-state index contributed by atoms with van der Waals surface area (Å²) in [6, 6.07) is -0.854. The van der Waals surface area contributed by atoms with E-state index in [0.29, 0.717) is 77.4 Å². The van der Waals surface area contributed by atoms with Crippen LogP contribution in [-0.2, 0) is 90.6 Å². The van der Waals surface area contributed by atoms with Gasteiger partial charge in [-0.05, 0) is 71.9 Å². The summed E-state index contributed by atoms with van der Waals surface area (Å²) in [6.07, 6.45) is 5.82. The molecule has 0 aromatic rings. The van der Waals surface area contributed by atoms with Crippen LogP contribution in [0, 0.1) is 5.92 Å². The van der Waals surface area contributed by atoms with Crippen LogP contribution in [0.5, 0.6) is 0 Å². The Morgan fingerprint density at radius 3 is 1.12 bits per heavy atom. The van der Waals surface area contributed by atoms with Crippen LogP contribution in [0.4, 0.5) is 0 Å². The van der Waals surface area contributed by atoms with Gasteiger partial charge in [0.2, 0.25) is 53.2 Å². The van der Waals surface area contributed by atoms with Crippen molar-refractivity contribution in [3.8, 4) is 0 Å². The molecule has 0 saturated heterocycles. The lowest BCUT2D eigenvalue weighted by Crippen LogP contribution is -2.39. The molecular formula is C54H99N11O19S. The van der Waals surface area contributed by atoms with Crippen molar-refractivity contribution in [2.24, 2.45) is 17.4 Å². The molecule has 0 rings (SSSR count). The maximum atomic E-state index is 13.2. The highest BCUT2D eigenvalue weighted by Crippen LogP contribution is 2.15. The van der Waals surface area contributed by atoms with Crippen molar-refractivity contribution in [3.63, 3.8) is 0 Å². The summed E-state index contributed by atoms with van der Waals surface area (Å²) in [7, 11) is 3.32. The fraction of sp³-hybridized carbons (Fsp3) is 0.796. The molecule has 0 spiro atoms. The first-order chi connectivity index (χ1) is 41.0. The topological polar surface area (TPSA) is 422 Å². The lowest BCUT2D eigenvalue weighted by molar-refractivity contribution is -0.131. The SMILES string of the molecule is CN[C@@H](CCCCNC(=O)COCCOCCNC(=O)COCCOCCNC(=O)CCCC(=O)NCCCC[C@H](CC(=O)COCCOCCNC(=O)COCCOCCNC(=O)CSC(C)=O)C(=O)NCCCC[C@H](NC)C(N)=O)C(N)=O. The van der Waals surface area contributed by atoms with Crippen LogP contribution in [0.15, 0.2) is 0 Å². The zero-order chi connectivity index (χ0) is 63.0. The monoisotopic (exact) mass is 1240 g/mol. The number of rotatable bonds is 60. The van der Waals surface area contributed by atoms with Crippen LogP contribution >= 0.6 is 11.8 Å². The predicted molar refractivity (Wildman–Crippen MR) is 313 cm³/mol. The molecule has 0 fully saturated rings. The molecule has 0 aliphatic rings. The fourth-order valence-corrected chi connectivity index (χ4v) is 7.80. The number of Topliss-reactive ketones (excluding diaryl/α,β-unsaturated/α-hetero) is 1. The average Bonchev–Trinajstić information content (AvgIpc) is 3.49. The molecule has 0 unspecified atom stereocenters. The minimum absolute atomic E-state index is 0.0549. The van der Waals surface area contributed by atoms with E-state index in [1.54, 1.807) is 14.1 Å². The smallest absolute Gasteiger partial charge is 0.246 e. The maximum Gasteiger partial charge on any atom is 0.246 e. The largest absolute Gasteiger partial charge is 0.377 e. The van der Waals surface area contributed by atoms with Crippen LogP contribution in [0.25, 0.3) is 0 Å². The van der Waals surface area contributed by atoms with Gasteiger partial charge in [-0.1, -0.05) is 18.2 Å². The minimum Gasteiger partial charge on any atom is -0.377 e. The Labute approximate surface area is 504 Å². The highest BCUT2D eigenvalue weighted by molar-refractivity contribution is 8.14. The van der Waals surface area contributed by atoms with E-state index in [9.17, 15) is 52.7 Å². The number of nitrogens with one attached hydrogen (secondary N) is 9. The molecular weight excluding hydrogens is 1140 g/mol. The third-order valence-electron chi connectivity index (χ3n) is 11.9. The molecule has 0 bridgehead atoms. The van der Waals surface area contributed by atoms with E-state index in [1.807, 2.05) is 0 Å². The third-order valence-corrected chi connectivity index (χ3v) is 12.7. The van der Waals surface area contributed by atoms with Gasteiger partial charge < -0.3 is 97.2 Å². The van der Waals surface area contributed by atoms with Gasteiger partial charge in [0.25, 0.3) is 0 Å². The van der Waals surface area contributed by atoms with Gasteiger partial charge in [0.1, 0.15) is 26.4 Å². The van der Waals surface area contributed by atoms with Crippen molar-refractivity contribution >= 4 is 75.8 Å². The number of amides is 9. The molecule has 0 heterocycles. The minimum atomic E-state index is -0.635. The van der Waals surface area contributed by atoms with Crippen molar-refractivity contribution in [3.05, 3.63) is 0 Å². The number of hydrogen-bond acceptors (Lipinski definition) is 22. The van der Waals surface area contributed by atoms with Crippen LogP contribution in [0.1, 0.15) is 90.4 Å². The predicted octanol–water partition coefficient (Wildman–Crippen LogP) is -3.38. The lowest BCUT2D eigenvalue weighted by atomic mass is 9.95. The molecule has 0 aliphatic carbocycles. The molecule has 9 amide bonds. The van der Waals surface area contributed by atoms with Gasteiger partial charge in [0.15, 0.2) is 10.9 Å². The van der Waals surface area contributed by atoms with Gasteiger partial charge in [-0.2, -0.15) is 0 Å². The van der Waals surface area contributed by atoms with Gasteiger partial charge in [0.05, 0.1) is 97.1 Å². The number of unbranched alkanes of at least 4 members (excludes halogenated alkanes) is 3. The molecule has 3 atom stereocenters. The van der Waals surface area contributed by atoms with Gasteiger partial charge in [0, 0.05) is 77.9 Å². The molecule has 0 aromatic carbocycles. The summed E-state index contributed by atoms with van der Waals surface area (Å²) in [5, 5.41) is 24.7. The van der Waals surface area contributed by atoms with Gasteiger partial charge in [-0.25, -0.2) is 0 Å². The van der Waals surface area contributed by atoms with Crippen LogP contribution < -0.4 is 59.3 Å². The summed E-state index contributed by atoms with van der Waals surface area (Å²) in [5.41, 5.74) is 10.7. The number of carbonyl (C=O) groups is 11. The second kappa shape index (κ2) is 56.3. The Bertz CT molecular complexity index is 1900. The van der Waals surface area contributed by atoms with E-state index in [0.717, 1.165) is 18.2 Å². The molecule has 490 valence electrons. The van der Waals surface area contributed by atoms with Crippen LogP contribution in [0.2, 0.25) is 0 Å². The molecule has 0 saturated carbocycles. The first kappa shape index (κ1) is 79.5. The van der Waals surface area contributed by atoms with Gasteiger partial charge in [-0.15, -0.1) is 0 Å². The number of hydrogen-bond donors (Lipinski definition) is 11. The van der Waals surface area contributed by atoms with Crippen molar-refractivity contribution in [2.75, 3.05) is 171 Å². The normalized spacial score (nSPS) is 12.1. The molecule has 85 heavy (non-hydrogen) atoms. The summed E-state index contributed by atoms with van der Waals surface area (Å²) >= 11 is 0.925. The quantitative estimate of drug-likeness (QED) is 0.0265. The van der Waals surface area contributed by atoms with E-state index in [2.05, 4.69) is 47.9 Å². The number of ether oxygens (including phenoxy) is 8. The van der Waals surface area contributed by atoms with E-state index in [4.69, 9.17) is 49.4 Å². The van der Waals surface area contributed by atoms with E-state index in [1.165, 1.54) is 6.92 Å². The second-order valence-electron chi connectivity index (χ2n) is 19.1. The molecule has 0 aliphatic heterocycles. The molecule has 13 N–H and O–H groups in total. The lowest BCUT2D eigenvalue weighted by Gasteiger charge is -2.17. The number of thioether (sulfide) groups is 1. The Morgan fingerprint density at radius 1 is 0.376 bits per heavy atom. The summed E-state index contributed by atoms with van der Waals surface area (Å²) in [4.78, 5) is 132. The average molecular weight is 1240 g/mol. The van der Waals surface area contributed by atoms with Crippen molar-refractivity contribution in [1.82, 2.24) is 47.9 Å². The fourth-order valence-electron chi connectivity index (χ4n) is 7.36. The molecule has 0 radical (unpaired) electrons. The van der Waals surface area contributed by atoms with Crippen molar-refractivity contribution < 1.29 is 90.6 Å². The van der Waals surface area contributed by atoms with E-state index < -0.39 is 23.8 Å². The first-order valence-electron chi connectivity index (χ1n) is 29.1. The summed E-state index contributed by atoms with van der Waals surface area (Å²) in [6.45, 7) is 5.31. The molecule has 30 nitrogen and oxygen atoms in total. The van der Waals surface area contributed by atoms with Crippen molar-refractivity contribution in [1.29, 1.82) is 0 Å². The maximum absolute atomic E-state index is 13.2. The van der Waals surface area contributed by atoms with Gasteiger partial charge in [-0.3, -0.25) is 52.7 Å². The van der Waals surface area contributed by atoms with Gasteiger partial charge >= 0.3 is 0 Å². The standard InChI is InChI=1S/C54H99N11O19S/c1-41(66)85-40-51(73)64-22-26-80-30-34-84-39-49(71)62-20-24-78-27-31-81-36-43(67)35-42(54(76)65-18-9-6-13-45(58-3)53(56)75)11-4-7-16-59-46(68)14-10-15-47(69)61-19-23-77-28-33-83-38-50(72)63-21-25-79-29-32-82-37-48(70)60-17-8-5-12-44(57-2)52(55)74/h42,44-45,57-58H,4-40H2,1-3H3,(H2,55,74)(H2,56,75)(H,59,68)(H,60,70)(H,61,69)(H,62,71)(H,63,72)(H,64,73)(H,65,76)/t42-,44+,45+/m1/s1. The Balaban J connectivity index is 4.20. The Hall–Kier alpha value is -5.48. The van der Waals surface area contributed by atoms with E-state index >= 15 is 0 Å². The zero-order valence-electron chi connectivity index (χ0n) is 50.2. The number of nitrogens with two attached hydrogens (primary N) is 2. The summed E-state index contributed by atoms with van der Waals surface area (Å²) < 4.78 is 43.0. The second-order valence-corrected chi connectivity index (χ2v) is 20.3. The number of primary amides is 2. The zero-order valence-corrected chi connectivity index (χ0v) is 51.0. The first-order valence-corrected chi connectivity index (χ1v) is 30.0. The molecule has 31 heteroatoms. The Morgan fingerprint density at radius 2 is 0.718 bits per heavy atom. The van der Waals surface area contributed by atoms with Crippen LogP contribution in [-0.4, -0.2) is 248 Å². The number of ketones is 1.